The van der Waals surface area contributed by atoms with Crippen LogP contribution in [-0.2, 0) is 10.0 Å². The first-order chi connectivity index (χ1) is 18.9. The summed E-state index contributed by atoms with van der Waals surface area (Å²) in [6, 6.07) is 25.3. The molecule has 0 saturated carbocycles. The van der Waals surface area contributed by atoms with Crippen LogP contribution in [0.4, 0.5) is 5.69 Å². The second-order valence-electron chi connectivity index (χ2n) is 8.75. The van der Waals surface area contributed by atoms with Crippen LogP contribution in [-0.4, -0.2) is 34.4 Å². The van der Waals surface area contributed by atoms with Crippen molar-refractivity contribution >= 4 is 37.6 Å². The molecule has 0 aliphatic rings. The fourth-order valence-electron chi connectivity index (χ4n) is 4.68. The van der Waals surface area contributed by atoms with Crippen molar-refractivity contribution in [2.24, 2.45) is 0 Å². The number of nitro benzene ring substituents is 1. The highest BCUT2D eigenvalue weighted by atomic mass is 32.2. The first-order valence-electron chi connectivity index (χ1n) is 11.9. The van der Waals surface area contributed by atoms with E-state index in [2.05, 4.69) is 4.98 Å². The Morgan fingerprint density at radius 3 is 2.38 bits per heavy atom. The van der Waals surface area contributed by atoms with Crippen molar-refractivity contribution in [1.82, 2.24) is 13.9 Å². The molecule has 0 N–H and O–H groups in total. The van der Waals surface area contributed by atoms with Crippen LogP contribution in [0.5, 0.6) is 5.75 Å². The smallest absolute Gasteiger partial charge is 0.270 e. The Hall–Kier alpha value is -5.09. The standard InChI is InChI=1S/C29H20N4O5S/c1-38-28-12-6-5-10-21(28)23-17-27(31-26-14-13-19(33(34)35)16-24(23)26)25-18-32(29-22(25)11-7-15-30-29)39(36,37)20-8-3-2-4-9-20/h2-18H,1H3. The van der Waals surface area contributed by atoms with Crippen molar-refractivity contribution in [2.45, 2.75) is 4.90 Å². The number of nitrogens with zero attached hydrogens (tertiary/aromatic N) is 4. The monoisotopic (exact) mass is 536 g/mol. The maximum atomic E-state index is 13.6. The van der Waals surface area contributed by atoms with Crippen LogP contribution in [0.2, 0.25) is 0 Å². The lowest BCUT2D eigenvalue weighted by Gasteiger charge is -2.13. The maximum Gasteiger partial charge on any atom is 0.270 e. The zero-order chi connectivity index (χ0) is 27.1. The van der Waals surface area contributed by atoms with Crippen LogP contribution >= 0.6 is 0 Å². The highest BCUT2D eigenvalue weighted by Crippen LogP contribution is 2.40. The number of hydrogen-bond donors (Lipinski definition) is 0. The van der Waals surface area contributed by atoms with Crippen molar-refractivity contribution < 1.29 is 18.1 Å². The third-order valence-corrected chi connectivity index (χ3v) is 8.17. The van der Waals surface area contributed by atoms with Gasteiger partial charge in [0.1, 0.15) is 5.75 Å². The summed E-state index contributed by atoms with van der Waals surface area (Å²) < 4.78 is 34.0. The van der Waals surface area contributed by atoms with E-state index in [1.807, 2.05) is 18.2 Å². The van der Waals surface area contributed by atoms with E-state index in [0.29, 0.717) is 44.4 Å². The molecule has 0 saturated heterocycles. The molecule has 0 atom stereocenters. The predicted octanol–water partition coefficient (Wildman–Crippen LogP) is 6.07. The minimum absolute atomic E-state index is 0.0667. The molecule has 9 nitrogen and oxygen atoms in total. The first kappa shape index (κ1) is 24.3. The summed E-state index contributed by atoms with van der Waals surface area (Å²) in [5.41, 5.74) is 3.12. The van der Waals surface area contributed by atoms with Crippen molar-refractivity contribution in [2.75, 3.05) is 7.11 Å². The average molecular weight is 537 g/mol. The lowest BCUT2D eigenvalue weighted by Crippen LogP contribution is -2.12. The molecule has 39 heavy (non-hydrogen) atoms. The van der Waals surface area contributed by atoms with Gasteiger partial charge in [0, 0.05) is 46.4 Å². The third-order valence-electron chi connectivity index (χ3n) is 6.51. The van der Waals surface area contributed by atoms with Crippen molar-refractivity contribution in [3.63, 3.8) is 0 Å². The van der Waals surface area contributed by atoms with Gasteiger partial charge >= 0.3 is 0 Å². The number of rotatable bonds is 6. The van der Waals surface area contributed by atoms with Gasteiger partial charge in [0.2, 0.25) is 0 Å². The molecule has 0 radical (unpaired) electrons. The van der Waals surface area contributed by atoms with Crippen molar-refractivity contribution in [3.05, 3.63) is 114 Å². The molecule has 6 aromatic rings. The molecule has 0 aliphatic heterocycles. The number of fused-ring (bicyclic) bond motifs is 2. The van der Waals surface area contributed by atoms with E-state index in [9.17, 15) is 18.5 Å². The lowest BCUT2D eigenvalue weighted by atomic mass is 9.97. The Morgan fingerprint density at radius 1 is 0.846 bits per heavy atom. The molecule has 0 amide bonds. The summed E-state index contributed by atoms with van der Waals surface area (Å²) in [6.45, 7) is 0. The quantitative estimate of drug-likeness (QED) is 0.187. The van der Waals surface area contributed by atoms with Gasteiger partial charge in [-0.05, 0) is 48.0 Å². The van der Waals surface area contributed by atoms with Crippen molar-refractivity contribution in [1.29, 1.82) is 0 Å². The molecule has 0 spiro atoms. The summed E-state index contributed by atoms with van der Waals surface area (Å²) >= 11 is 0. The summed E-state index contributed by atoms with van der Waals surface area (Å²) in [6.07, 6.45) is 3.06. The molecular weight excluding hydrogens is 516 g/mol. The summed E-state index contributed by atoms with van der Waals surface area (Å²) in [7, 11) is -2.40. The fraction of sp³-hybridized carbons (Fsp3) is 0.0345. The minimum Gasteiger partial charge on any atom is -0.496 e. The van der Waals surface area contributed by atoms with E-state index in [-0.39, 0.29) is 16.2 Å². The van der Waals surface area contributed by atoms with Gasteiger partial charge in [0.15, 0.2) is 5.65 Å². The second-order valence-corrected chi connectivity index (χ2v) is 10.6. The van der Waals surface area contributed by atoms with E-state index < -0.39 is 14.9 Å². The van der Waals surface area contributed by atoms with E-state index >= 15 is 0 Å². The molecule has 3 aromatic carbocycles. The van der Waals surface area contributed by atoms with Gasteiger partial charge in [-0.1, -0.05) is 36.4 Å². The zero-order valence-corrected chi connectivity index (χ0v) is 21.4. The summed E-state index contributed by atoms with van der Waals surface area (Å²) in [5.74, 6) is 0.582. The molecule has 3 heterocycles. The number of para-hydroxylation sites is 1. The summed E-state index contributed by atoms with van der Waals surface area (Å²) in [5, 5.41) is 12.7. The number of benzene rings is 3. The van der Waals surface area contributed by atoms with Gasteiger partial charge in [0.25, 0.3) is 15.7 Å². The topological polar surface area (TPSA) is 117 Å². The van der Waals surface area contributed by atoms with Crippen LogP contribution in [0.15, 0.2) is 108 Å². The van der Waals surface area contributed by atoms with Gasteiger partial charge in [-0.25, -0.2) is 22.4 Å². The Balaban J connectivity index is 1.66. The van der Waals surface area contributed by atoms with Crippen LogP contribution < -0.4 is 4.74 Å². The van der Waals surface area contributed by atoms with E-state index in [4.69, 9.17) is 9.72 Å². The first-order valence-corrected chi connectivity index (χ1v) is 13.3. The number of methoxy groups -OCH3 is 1. The van der Waals surface area contributed by atoms with Crippen LogP contribution in [0, 0.1) is 10.1 Å². The largest absolute Gasteiger partial charge is 0.496 e. The Labute approximate surface area is 223 Å². The van der Waals surface area contributed by atoms with Gasteiger partial charge in [0.05, 0.1) is 28.1 Å². The number of hydrogen-bond acceptors (Lipinski definition) is 7. The van der Waals surface area contributed by atoms with E-state index in [0.717, 1.165) is 3.97 Å². The highest BCUT2D eigenvalue weighted by molar-refractivity contribution is 7.90. The molecule has 3 aromatic heterocycles. The molecule has 0 bridgehead atoms. The highest BCUT2D eigenvalue weighted by Gasteiger charge is 2.24. The number of ether oxygens (including phenoxy) is 1. The lowest BCUT2D eigenvalue weighted by molar-refractivity contribution is -0.384. The van der Waals surface area contributed by atoms with Crippen LogP contribution in [0.3, 0.4) is 0 Å². The second kappa shape index (κ2) is 9.34. The normalized spacial score (nSPS) is 11.6. The van der Waals surface area contributed by atoms with Crippen molar-refractivity contribution in [3.8, 4) is 28.1 Å². The molecule has 192 valence electrons. The van der Waals surface area contributed by atoms with Gasteiger partial charge < -0.3 is 4.74 Å². The van der Waals surface area contributed by atoms with E-state index in [1.54, 1.807) is 55.6 Å². The van der Waals surface area contributed by atoms with Gasteiger partial charge in [-0.2, -0.15) is 0 Å². The van der Waals surface area contributed by atoms with E-state index in [1.165, 1.54) is 36.7 Å². The van der Waals surface area contributed by atoms with Crippen LogP contribution in [0.25, 0.3) is 44.3 Å². The fourth-order valence-corrected chi connectivity index (χ4v) is 6.02. The molecular formula is C29H20N4O5S. The number of aromatic nitrogens is 3. The molecule has 0 unspecified atom stereocenters. The maximum absolute atomic E-state index is 13.6. The number of non-ortho nitro benzene ring substituents is 1. The Kier molecular flexibility index (Phi) is 5.81. The third kappa shape index (κ3) is 4.07. The Morgan fingerprint density at radius 2 is 1.62 bits per heavy atom. The Bertz CT molecular complexity index is 2000. The average Bonchev–Trinajstić information content (AvgIpc) is 3.37. The molecule has 10 heteroatoms. The number of pyridine rings is 2. The minimum atomic E-state index is -3.95. The molecule has 0 aliphatic carbocycles. The summed E-state index contributed by atoms with van der Waals surface area (Å²) in [4.78, 5) is 20.4. The van der Waals surface area contributed by atoms with Gasteiger partial charge in [-0.15, -0.1) is 0 Å². The number of nitro groups is 1. The van der Waals surface area contributed by atoms with Gasteiger partial charge in [-0.3, -0.25) is 10.1 Å². The molecule has 0 fully saturated rings. The SMILES string of the molecule is COc1ccccc1-c1cc(-c2cn(S(=O)(=O)c3ccccc3)c3ncccc23)nc2ccc([N+](=O)[O-])cc12. The predicted molar refractivity (Wildman–Crippen MR) is 148 cm³/mol. The van der Waals surface area contributed by atoms with Crippen LogP contribution in [0.1, 0.15) is 0 Å². The molecule has 6 rings (SSSR count). The zero-order valence-electron chi connectivity index (χ0n) is 20.6.